The van der Waals surface area contributed by atoms with Crippen LogP contribution in [-0.4, -0.2) is 40.5 Å². The summed E-state index contributed by atoms with van der Waals surface area (Å²) >= 11 is 3.51. The highest BCUT2D eigenvalue weighted by Gasteiger charge is 2.13. The third-order valence-electron chi connectivity index (χ3n) is 3.78. The Bertz CT molecular complexity index is 676. The van der Waals surface area contributed by atoms with Crippen LogP contribution in [0.5, 0.6) is 0 Å². The third-order valence-corrected chi connectivity index (χ3v) is 4.28. The van der Waals surface area contributed by atoms with Gasteiger partial charge in [-0.25, -0.2) is 4.98 Å². The fourth-order valence-electron chi connectivity index (χ4n) is 2.71. The fourth-order valence-corrected chi connectivity index (χ4v) is 3.06. The van der Waals surface area contributed by atoms with E-state index in [4.69, 9.17) is 4.98 Å². The lowest BCUT2D eigenvalue weighted by atomic mass is 10.3. The summed E-state index contributed by atoms with van der Waals surface area (Å²) in [6.07, 6.45) is 1.13. The maximum Gasteiger partial charge on any atom is 0.194 e. The highest BCUT2D eigenvalue weighted by Crippen LogP contribution is 2.21. The molecule has 0 amide bonds. The van der Waals surface area contributed by atoms with Crippen LogP contribution in [0.1, 0.15) is 19.2 Å². The quantitative estimate of drug-likeness (QED) is 0.926. The number of nitrogens with one attached hydrogen (secondary N) is 1. The van der Waals surface area contributed by atoms with Gasteiger partial charge in [0.15, 0.2) is 5.96 Å². The number of aliphatic imine (C=N–C) groups is 1. The van der Waals surface area contributed by atoms with Gasteiger partial charge in [0.25, 0.3) is 0 Å². The van der Waals surface area contributed by atoms with E-state index >= 15 is 0 Å². The standard InChI is InChI=1S/C15H20BrN5/c1-3-21-13-6-5-11(16)9-12(13)19-14(21)10-18-15-17-7-4-8-20(15)2/h5-6,9H,3-4,7-8,10H2,1-2H3,(H,17,18). The second kappa shape index (κ2) is 6.05. The minimum absolute atomic E-state index is 0.698. The van der Waals surface area contributed by atoms with Crippen LogP contribution in [0.2, 0.25) is 0 Å². The smallest absolute Gasteiger partial charge is 0.194 e. The molecule has 0 radical (unpaired) electrons. The van der Waals surface area contributed by atoms with Gasteiger partial charge in [-0.1, -0.05) is 15.9 Å². The van der Waals surface area contributed by atoms with Gasteiger partial charge < -0.3 is 14.8 Å². The molecule has 0 unspecified atom stereocenters. The number of nitrogens with zero attached hydrogens (tertiary/aromatic N) is 4. The molecule has 0 saturated heterocycles. The predicted molar refractivity (Wildman–Crippen MR) is 89.5 cm³/mol. The molecular weight excluding hydrogens is 330 g/mol. The van der Waals surface area contributed by atoms with Crippen molar-refractivity contribution in [2.24, 2.45) is 4.99 Å². The second-order valence-corrected chi connectivity index (χ2v) is 6.15. The molecule has 1 N–H and O–H groups in total. The summed E-state index contributed by atoms with van der Waals surface area (Å²) in [4.78, 5) is 11.5. The average molecular weight is 350 g/mol. The summed E-state index contributed by atoms with van der Waals surface area (Å²) in [6, 6.07) is 6.24. The molecule has 21 heavy (non-hydrogen) atoms. The summed E-state index contributed by atoms with van der Waals surface area (Å²) in [5.74, 6) is 2.02. The molecule has 0 saturated carbocycles. The van der Waals surface area contributed by atoms with Crippen molar-refractivity contribution in [3.63, 3.8) is 0 Å². The molecule has 1 aliphatic rings. The van der Waals surface area contributed by atoms with E-state index in [2.05, 4.69) is 67.9 Å². The Morgan fingerprint density at radius 2 is 2.24 bits per heavy atom. The number of fused-ring (bicyclic) bond motifs is 1. The summed E-state index contributed by atoms with van der Waals surface area (Å²) in [7, 11) is 2.07. The zero-order chi connectivity index (χ0) is 14.8. The minimum Gasteiger partial charge on any atom is -0.349 e. The number of aryl methyl sites for hydroxylation is 1. The van der Waals surface area contributed by atoms with Crippen LogP contribution in [0.3, 0.4) is 0 Å². The van der Waals surface area contributed by atoms with E-state index in [1.807, 2.05) is 0 Å². The fraction of sp³-hybridized carbons (Fsp3) is 0.467. The molecule has 1 aliphatic heterocycles. The minimum atomic E-state index is 0.698. The van der Waals surface area contributed by atoms with Crippen LogP contribution in [0.4, 0.5) is 0 Å². The Morgan fingerprint density at radius 3 is 3.00 bits per heavy atom. The zero-order valence-electron chi connectivity index (χ0n) is 12.4. The van der Waals surface area contributed by atoms with Gasteiger partial charge in [-0.05, 0) is 31.5 Å². The predicted octanol–water partition coefficient (Wildman–Crippen LogP) is 2.60. The first-order valence-corrected chi connectivity index (χ1v) is 8.12. The number of rotatable bonds is 3. The summed E-state index contributed by atoms with van der Waals surface area (Å²) in [6.45, 7) is 5.73. The molecule has 112 valence electrons. The zero-order valence-corrected chi connectivity index (χ0v) is 14.0. The van der Waals surface area contributed by atoms with E-state index in [0.717, 1.165) is 47.8 Å². The first kappa shape index (κ1) is 14.4. The maximum atomic E-state index is 4.75. The molecule has 2 aromatic rings. The van der Waals surface area contributed by atoms with Crippen LogP contribution in [0, 0.1) is 0 Å². The molecule has 1 aromatic heterocycles. The summed E-state index contributed by atoms with van der Waals surface area (Å²) in [5.41, 5.74) is 2.21. The number of halogens is 1. The van der Waals surface area contributed by atoms with E-state index < -0.39 is 0 Å². The Kier molecular flexibility index (Phi) is 4.14. The topological polar surface area (TPSA) is 45.5 Å². The number of benzene rings is 1. The Labute approximate surface area is 133 Å². The first-order chi connectivity index (χ1) is 10.2. The van der Waals surface area contributed by atoms with Crippen LogP contribution in [0.25, 0.3) is 11.0 Å². The van der Waals surface area contributed by atoms with Crippen LogP contribution < -0.4 is 5.32 Å². The average Bonchev–Trinajstić information content (AvgIpc) is 2.82. The van der Waals surface area contributed by atoms with Gasteiger partial charge in [-0.15, -0.1) is 0 Å². The van der Waals surface area contributed by atoms with Crippen molar-refractivity contribution in [3.05, 3.63) is 28.5 Å². The van der Waals surface area contributed by atoms with Gasteiger partial charge in [0.05, 0.1) is 17.6 Å². The molecule has 3 rings (SSSR count). The summed E-state index contributed by atoms with van der Waals surface area (Å²) in [5, 5.41) is 3.42. The third kappa shape index (κ3) is 2.90. The number of hydrogen-bond donors (Lipinski definition) is 1. The molecule has 0 spiro atoms. The van der Waals surface area contributed by atoms with Crippen molar-refractivity contribution in [1.82, 2.24) is 19.8 Å². The van der Waals surface area contributed by atoms with Gasteiger partial charge in [-0.3, -0.25) is 4.99 Å². The second-order valence-electron chi connectivity index (χ2n) is 5.24. The van der Waals surface area contributed by atoms with E-state index in [1.54, 1.807) is 0 Å². The van der Waals surface area contributed by atoms with Gasteiger partial charge in [0.1, 0.15) is 5.82 Å². The van der Waals surface area contributed by atoms with Gasteiger partial charge >= 0.3 is 0 Å². The molecule has 0 fully saturated rings. The largest absolute Gasteiger partial charge is 0.349 e. The highest BCUT2D eigenvalue weighted by atomic mass is 79.9. The lowest BCUT2D eigenvalue weighted by molar-refractivity contribution is 0.444. The van der Waals surface area contributed by atoms with Crippen molar-refractivity contribution in [2.45, 2.75) is 26.4 Å². The number of imidazole rings is 1. The maximum absolute atomic E-state index is 4.75. The highest BCUT2D eigenvalue weighted by molar-refractivity contribution is 9.10. The van der Waals surface area contributed by atoms with E-state index in [1.165, 1.54) is 5.52 Å². The molecule has 1 aromatic carbocycles. The number of hydrogen-bond acceptors (Lipinski definition) is 4. The lowest BCUT2D eigenvalue weighted by Crippen LogP contribution is -2.42. The molecule has 0 atom stereocenters. The molecule has 0 aliphatic carbocycles. The molecule has 0 bridgehead atoms. The Hall–Kier alpha value is -1.56. The molecule has 2 heterocycles. The van der Waals surface area contributed by atoms with Gasteiger partial charge in [0.2, 0.25) is 0 Å². The number of guanidine groups is 1. The van der Waals surface area contributed by atoms with Crippen LogP contribution in [-0.2, 0) is 13.1 Å². The Morgan fingerprint density at radius 1 is 1.38 bits per heavy atom. The van der Waals surface area contributed by atoms with Gasteiger partial charge in [-0.2, -0.15) is 0 Å². The Balaban J connectivity index is 1.84. The molecular formula is C15H20BrN5. The van der Waals surface area contributed by atoms with Gasteiger partial charge in [0, 0.05) is 31.2 Å². The van der Waals surface area contributed by atoms with E-state index in [9.17, 15) is 0 Å². The van der Waals surface area contributed by atoms with Crippen molar-refractivity contribution in [1.29, 1.82) is 0 Å². The van der Waals surface area contributed by atoms with Crippen molar-refractivity contribution in [3.8, 4) is 0 Å². The van der Waals surface area contributed by atoms with Crippen molar-refractivity contribution < 1.29 is 0 Å². The first-order valence-electron chi connectivity index (χ1n) is 7.33. The summed E-state index contributed by atoms with van der Waals surface area (Å²) < 4.78 is 3.31. The SMILES string of the molecule is CCn1c(CNC2=NCCCN2C)nc2cc(Br)ccc21. The van der Waals surface area contributed by atoms with Crippen LogP contribution in [0.15, 0.2) is 27.7 Å². The van der Waals surface area contributed by atoms with E-state index in [0.29, 0.717) is 6.54 Å². The normalized spacial score (nSPS) is 15.4. The number of aromatic nitrogens is 2. The molecule has 6 heteroatoms. The van der Waals surface area contributed by atoms with E-state index in [-0.39, 0.29) is 0 Å². The van der Waals surface area contributed by atoms with Crippen LogP contribution >= 0.6 is 15.9 Å². The molecule has 5 nitrogen and oxygen atoms in total. The van der Waals surface area contributed by atoms with Crippen molar-refractivity contribution >= 4 is 32.9 Å². The van der Waals surface area contributed by atoms with Crippen molar-refractivity contribution in [2.75, 3.05) is 20.1 Å². The monoisotopic (exact) mass is 349 g/mol. The lowest BCUT2D eigenvalue weighted by Gasteiger charge is -2.25.